The number of nitrogens with one attached hydrogen (secondary N) is 1. The maximum absolute atomic E-state index is 10.9. The molecule has 1 atom stereocenters. The van der Waals surface area contributed by atoms with Crippen LogP contribution in [0.4, 0.5) is 0 Å². The summed E-state index contributed by atoms with van der Waals surface area (Å²) in [6.45, 7) is 5.90. The zero-order chi connectivity index (χ0) is 12.1. The van der Waals surface area contributed by atoms with Crippen molar-refractivity contribution >= 4 is 5.97 Å². The molecule has 0 bridgehead atoms. The molecule has 0 fully saturated rings. The van der Waals surface area contributed by atoms with Gasteiger partial charge in [-0.25, -0.2) is 0 Å². The highest BCUT2D eigenvalue weighted by atomic mass is 16.5. The fraction of sp³-hybridized carbons (Fsp3) is 0.700. The highest BCUT2D eigenvalue weighted by Crippen LogP contribution is 2.04. The van der Waals surface area contributed by atoms with E-state index in [1.165, 1.54) is 0 Å². The lowest BCUT2D eigenvalue weighted by Gasteiger charge is -2.16. The van der Waals surface area contributed by atoms with Gasteiger partial charge in [0.25, 0.3) is 0 Å². The van der Waals surface area contributed by atoms with Crippen molar-refractivity contribution in [1.82, 2.24) is 15.5 Å². The Labute approximate surface area is 94.0 Å². The number of hydrogen-bond acceptors (Lipinski definition) is 5. The average molecular weight is 227 g/mol. The second-order valence-electron chi connectivity index (χ2n) is 3.90. The second-order valence-corrected chi connectivity index (χ2v) is 3.90. The maximum atomic E-state index is 10.9. The Balaban J connectivity index is 2.52. The lowest BCUT2D eigenvalue weighted by atomic mass is 10.1. The number of hydrogen-bond donors (Lipinski definition) is 2. The highest BCUT2D eigenvalue weighted by molar-refractivity contribution is 5.73. The van der Waals surface area contributed by atoms with Crippen molar-refractivity contribution in [3.63, 3.8) is 0 Å². The summed E-state index contributed by atoms with van der Waals surface area (Å²) >= 11 is 0. The molecule has 1 unspecified atom stereocenters. The smallest absolute Gasteiger partial charge is 0.320 e. The van der Waals surface area contributed by atoms with Crippen LogP contribution in [0.25, 0.3) is 0 Å². The Kier molecular flexibility index (Phi) is 4.42. The summed E-state index contributed by atoms with van der Waals surface area (Å²) in [5, 5.41) is 15.5. The Morgan fingerprint density at radius 2 is 2.25 bits per heavy atom. The molecule has 0 spiro atoms. The van der Waals surface area contributed by atoms with E-state index in [1.807, 2.05) is 20.8 Å². The Morgan fingerprint density at radius 3 is 2.69 bits per heavy atom. The zero-order valence-electron chi connectivity index (χ0n) is 9.73. The number of carboxylic acids is 1. The topological polar surface area (TPSA) is 88.2 Å². The largest absolute Gasteiger partial charge is 0.480 e. The Bertz CT molecular complexity index is 349. The molecule has 0 aliphatic heterocycles. The number of rotatable bonds is 6. The van der Waals surface area contributed by atoms with Crippen LogP contribution >= 0.6 is 0 Å². The highest BCUT2D eigenvalue weighted by Gasteiger charge is 2.21. The third-order valence-corrected chi connectivity index (χ3v) is 2.23. The van der Waals surface area contributed by atoms with E-state index in [1.54, 1.807) is 0 Å². The van der Waals surface area contributed by atoms with Gasteiger partial charge in [0.1, 0.15) is 6.04 Å². The van der Waals surface area contributed by atoms with Crippen molar-refractivity contribution in [2.75, 3.05) is 0 Å². The molecule has 90 valence electrons. The average Bonchev–Trinajstić information content (AvgIpc) is 2.65. The minimum absolute atomic E-state index is 0.00562. The number of carboxylic acid groups (broad SMARTS) is 1. The van der Waals surface area contributed by atoms with Gasteiger partial charge in [-0.2, -0.15) is 4.98 Å². The summed E-state index contributed by atoms with van der Waals surface area (Å²) < 4.78 is 4.95. The van der Waals surface area contributed by atoms with Crippen LogP contribution in [0.5, 0.6) is 0 Å². The maximum Gasteiger partial charge on any atom is 0.320 e. The molecule has 0 saturated carbocycles. The molecule has 6 heteroatoms. The molecule has 0 amide bonds. The molecular weight excluding hydrogens is 210 g/mol. The van der Waals surface area contributed by atoms with Crippen molar-refractivity contribution in [3.05, 3.63) is 11.7 Å². The standard InChI is InChI=1S/C10H17N3O3/c1-4-7-12-8(16-13-7)5-11-9(6(2)3)10(14)15/h6,9,11H,4-5H2,1-3H3,(H,14,15). The van der Waals surface area contributed by atoms with Gasteiger partial charge < -0.3 is 9.63 Å². The number of carbonyl (C=O) groups is 1. The van der Waals surface area contributed by atoms with Crippen molar-refractivity contribution in [3.8, 4) is 0 Å². The first-order chi connectivity index (χ1) is 7.54. The van der Waals surface area contributed by atoms with Gasteiger partial charge in [-0.1, -0.05) is 25.9 Å². The van der Waals surface area contributed by atoms with Crippen LogP contribution in [0.2, 0.25) is 0 Å². The van der Waals surface area contributed by atoms with Crippen molar-refractivity contribution in [2.24, 2.45) is 5.92 Å². The number of aliphatic carboxylic acids is 1. The summed E-state index contributed by atoms with van der Waals surface area (Å²) in [5.41, 5.74) is 0. The predicted molar refractivity (Wildman–Crippen MR) is 56.8 cm³/mol. The van der Waals surface area contributed by atoms with E-state index in [4.69, 9.17) is 9.63 Å². The lowest BCUT2D eigenvalue weighted by Crippen LogP contribution is -2.40. The molecule has 0 radical (unpaired) electrons. The molecular formula is C10H17N3O3. The van der Waals surface area contributed by atoms with Gasteiger partial charge in [0.2, 0.25) is 5.89 Å². The minimum atomic E-state index is -0.870. The molecule has 2 N–H and O–H groups in total. The molecule has 0 aliphatic rings. The summed E-state index contributed by atoms with van der Waals surface area (Å²) in [5.74, 6) is 0.188. The number of nitrogens with zero attached hydrogens (tertiary/aromatic N) is 2. The summed E-state index contributed by atoms with van der Waals surface area (Å²) in [6.07, 6.45) is 0.704. The lowest BCUT2D eigenvalue weighted by molar-refractivity contribution is -0.140. The van der Waals surface area contributed by atoms with Crippen LogP contribution in [0.15, 0.2) is 4.52 Å². The first-order valence-corrected chi connectivity index (χ1v) is 5.32. The van der Waals surface area contributed by atoms with Crippen LogP contribution in [-0.2, 0) is 17.8 Å². The van der Waals surface area contributed by atoms with Gasteiger partial charge >= 0.3 is 5.97 Å². The fourth-order valence-electron chi connectivity index (χ4n) is 1.31. The normalized spacial score (nSPS) is 13.0. The van der Waals surface area contributed by atoms with Gasteiger partial charge in [-0.15, -0.1) is 0 Å². The first kappa shape index (κ1) is 12.6. The minimum Gasteiger partial charge on any atom is -0.480 e. The summed E-state index contributed by atoms with van der Waals surface area (Å²) in [6, 6.07) is -0.600. The van der Waals surface area contributed by atoms with Crippen LogP contribution in [0.3, 0.4) is 0 Å². The zero-order valence-corrected chi connectivity index (χ0v) is 9.73. The number of aryl methyl sites for hydroxylation is 1. The van der Waals surface area contributed by atoms with Gasteiger partial charge in [0.15, 0.2) is 5.82 Å². The Morgan fingerprint density at radius 1 is 1.56 bits per heavy atom. The molecule has 0 saturated heterocycles. The van der Waals surface area contributed by atoms with E-state index < -0.39 is 12.0 Å². The molecule has 1 rings (SSSR count). The Hall–Kier alpha value is -1.43. The summed E-state index contributed by atoms with van der Waals surface area (Å²) in [7, 11) is 0. The second kappa shape index (κ2) is 5.60. The van der Waals surface area contributed by atoms with E-state index in [0.717, 1.165) is 0 Å². The monoisotopic (exact) mass is 227 g/mol. The van der Waals surface area contributed by atoms with Crippen LogP contribution in [-0.4, -0.2) is 27.3 Å². The van der Waals surface area contributed by atoms with E-state index in [0.29, 0.717) is 18.1 Å². The quantitative estimate of drug-likeness (QED) is 0.748. The van der Waals surface area contributed by atoms with Gasteiger partial charge in [-0.3, -0.25) is 10.1 Å². The summed E-state index contributed by atoms with van der Waals surface area (Å²) in [4.78, 5) is 15.0. The van der Waals surface area contributed by atoms with Crippen molar-refractivity contribution in [2.45, 2.75) is 39.8 Å². The van der Waals surface area contributed by atoms with Crippen LogP contribution < -0.4 is 5.32 Å². The fourth-order valence-corrected chi connectivity index (χ4v) is 1.31. The molecule has 0 aliphatic carbocycles. The molecule has 6 nitrogen and oxygen atoms in total. The van der Waals surface area contributed by atoms with Crippen molar-refractivity contribution < 1.29 is 14.4 Å². The van der Waals surface area contributed by atoms with Gasteiger partial charge in [-0.05, 0) is 5.92 Å². The molecule has 1 heterocycles. The number of aromatic nitrogens is 2. The van der Waals surface area contributed by atoms with E-state index >= 15 is 0 Å². The van der Waals surface area contributed by atoms with Crippen molar-refractivity contribution in [1.29, 1.82) is 0 Å². The van der Waals surface area contributed by atoms with E-state index in [9.17, 15) is 4.79 Å². The molecule has 16 heavy (non-hydrogen) atoms. The van der Waals surface area contributed by atoms with Gasteiger partial charge in [0, 0.05) is 6.42 Å². The first-order valence-electron chi connectivity index (χ1n) is 5.32. The van der Waals surface area contributed by atoms with E-state index in [2.05, 4.69) is 15.5 Å². The molecule has 1 aromatic rings. The SMILES string of the molecule is CCc1noc(CNC(C(=O)O)C(C)C)n1. The third-order valence-electron chi connectivity index (χ3n) is 2.23. The molecule has 0 aromatic carbocycles. The van der Waals surface area contributed by atoms with Crippen LogP contribution in [0, 0.1) is 5.92 Å². The molecule has 1 aromatic heterocycles. The van der Waals surface area contributed by atoms with Gasteiger partial charge in [0.05, 0.1) is 6.54 Å². The third kappa shape index (κ3) is 3.30. The van der Waals surface area contributed by atoms with Crippen LogP contribution in [0.1, 0.15) is 32.5 Å². The van der Waals surface area contributed by atoms with E-state index in [-0.39, 0.29) is 12.5 Å². The predicted octanol–water partition coefficient (Wildman–Crippen LogP) is 0.831.